The molecule has 1 aromatic rings. The molecule has 0 fully saturated rings. The lowest BCUT2D eigenvalue weighted by Crippen LogP contribution is -2.32. The van der Waals surface area contributed by atoms with Gasteiger partial charge in [-0.1, -0.05) is 13.8 Å². The fourth-order valence-electron chi connectivity index (χ4n) is 1.34. The number of aliphatic carboxylic acids is 1. The van der Waals surface area contributed by atoms with Gasteiger partial charge in [-0.25, -0.2) is 4.79 Å². The number of hydrogen-bond donors (Lipinski definition) is 1. The summed E-state index contributed by atoms with van der Waals surface area (Å²) in [5.74, 6) is -1.33. The van der Waals surface area contributed by atoms with Crippen LogP contribution in [0.2, 0.25) is 0 Å². The lowest BCUT2D eigenvalue weighted by atomic mass is 10.1. The first-order chi connectivity index (χ1) is 8.21. The average molecular weight is 262 g/mol. The third kappa shape index (κ3) is 3.65. The summed E-state index contributed by atoms with van der Waals surface area (Å²) in [6.45, 7) is 3.31. The summed E-state index contributed by atoms with van der Waals surface area (Å²) in [5.41, 5.74) is -0.800. The second kappa shape index (κ2) is 5.29. The Balaban J connectivity index is 2.83. The predicted molar refractivity (Wildman–Crippen MR) is 58.3 cm³/mol. The van der Waals surface area contributed by atoms with Crippen molar-refractivity contribution >= 4 is 5.97 Å². The minimum atomic E-state index is -4.41. The number of alkyl halides is 3. The predicted octanol–water partition coefficient (Wildman–Crippen LogP) is 3.19. The van der Waals surface area contributed by atoms with Crippen molar-refractivity contribution in [1.29, 1.82) is 0 Å². The fourth-order valence-corrected chi connectivity index (χ4v) is 1.34. The largest absolute Gasteiger partial charge is 0.478 e. The molecular formula is C12H13F3O3. The molecule has 0 bridgehead atoms. The van der Waals surface area contributed by atoms with Crippen LogP contribution in [-0.2, 0) is 11.0 Å². The van der Waals surface area contributed by atoms with Crippen LogP contribution < -0.4 is 4.74 Å². The van der Waals surface area contributed by atoms with Crippen LogP contribution in [0.3, 0.4) is 0 Å². The smallest absolute Gasteiger partial charge is 0.416 e. The minimum Gasteiger partial charge on any atom is -0.478 e. The Morgan fingerprint density at radius 2 is 1.72 bits per heavy atom. The molecule has 1 atom stereocenters. The van der Waals surface area contributed by atoms with Gasteiger partial charge in [0.15, 0.2) is 6.10 Å². The van der Waals surface area contributed by atoms with E-state index in [9.17, 15) is 18.0 Å². The normalized spacial score (nSPS) is 13.4. The molecule has 18 heavy (non-hydrogen) atoms. The van der Waals surface area contributed by atoms with Gasteiger partial charge in [-0.05, 0) is 24.3 Å². The van der Waals surface area contributed by atoms with E-state index < -0.39 is 23.8 Å². The number of carbonyl (C=O) groups is 1. The van der Waals surface area contributed by atoms with Crippen LogP contribution in [0.15, 0.2) is 24.3 Å². The first kappa shape index (κ1) is 14.3. The van der Waals surface area contributed by atoms with Gasteiger partial charge in [0.05, 0.1) is 5.56 Å². The maximum atomic E-state index is 12.3. The minimum absolute atomic E-state index is 0.101. The summed E-state index contributed by atoms with van der Waals surface area (Å²) >= 11 is 0. The summed E-state index contributed by atoms with van der Waals surface area (Å²) in [7, 11) is 0. The van der Waals surface area contributed by atoms with Crippen LogP contribution in [0.25, 0.3) is 0 Å². The Kier molecular flexibility index (Phi) is 4.21. The molecule has 0 saturated carbocycles. The number of rotatable bonds is 4. The van der Waals surface area contributed by atoms with E-state index in [1.54, 1.807) is 13.8 Å². The van der Waals surface area contributed by atoms with Gasteiger partial charge in [0.1, 0.15) is 5.75 Å². The third-order valence-corrected chi connectivity index (χ3v) is 2.29. The number of carboxylic acid groups (broad SMARTS) is 1. The van der Waals surface area contributed by atoms with Crippen molar-refractivity contribution in [1.82, 2.24) is 0 Å². The summed E-state index contributed by atoms with van der Waals surface area (Å²) in [4.78, 5) is 10.9. The first-order valence-electron chi connectivity index (χ1n) is 5.28. The molecule has 3 nitrogen and oxygen atoms in total. The van der Waals surface area contributed by atoms with Gasteiger partial charge in [0, 0.05) is 5.92 Å². The van der Waals surface area contributed by atoms with Crippen molar-refractivity contribution in [3.8, 4) is 5.75 Å². The Labute approximate surface area is 102 Å². The lowest BCUT2D eigenvalue weighted by Gasteiger charge is -2.18. The number of carboxylic acids is 1. The summed E-state index contributed by atoms with van der Waals surface area (Å²) in [5, 5.41) is 8.88. The monoisotopic (exact) mass is 262 g/mol. The molecule has 1 aromatic carbocycles. The molecule has 0 saturated heterocycles. The van der Waals surface area contributed by atoms with E-state index in [0.717, 1.165) is 24.3 Å². The van der Waals surface area contributed by atoms with Gasteiger partial charge in [0.25, 0.3) is 0 Å². The molecule has 0 amide bonds. The number of benzene rings is 1. The molecular weight excluding hydrogens is 249 g/mol. The molecule has 0 heterocycles. The molecule has 0 aliphatic rings. The summed E-state index contributed by atoms with van der Waals surface area (Å²) < 4.78 is 42.0. The Bertz CT molecular complexity index is 410. The maximum Gasteiger partial charge on any atom is 0.416 e. The molecule has 0 aromatic heterocycles. The van der Waals surface area contributed by atoms with Crippen LogP contribution >= 0.6 is 0 Å². The molecule has 1 rings (SSSR count). The molecule has 0 spiro atoms. The van der Waals surface area contributed by atoms with E-state index in [-0.39, 0.29) is 11.7 Å². The van der Waals surface area contributed by atoms with Crippen molar-refractivity contribution < 1.29 is 27.8 Å². The fraction of sp³-hybridized carbons (Fsp3) is 0.417. The van der Waals surface area contributed by atoms with Crippen LogP contribution in [0.4, 0.5) is 13.2 Å². The van der Waals surface area contributed by atoms with Crippen LogP contribution in [0.1, 0.15) is 19.4 Å². The Morgan fingerprint density at radius 1 is 1.22 bits per heavy atom. The highest BCUT2D eigenvalue weighted by atomic mass is 19.4. The standard InChI is InChI=1S/C12H13F3O3/c1-7(2)10(11(16)17)18-9-5-3-8(4-6-9)12(13,14)15/h3-7,10H,1-2H3,(H,16,17). The van der Waals surface area contributed by atoms with Crippen molar-refractivity contribution in [3.63, 3.8) is 0 Å². The number of hydrogen-bond acceptors (Lipinski definition) is 2. The van der Waals surface area contributed by atoms with Gasteiger partial charge < -0.3 is 9.84 Å². The molecule has 100 valence electrons. The quantitative estimate of drug-likeness (QED) is 0.906. The van der Waals surface area contributed by atoms with Gasteiger partial charge in [-0.15, -0.1) is 0 Å². The molecule has 1 N–H and O–H groups in total. The number of ether oxygens (including phenoxy) is 1. The van der Waals surface area contributed by atoms with Crippen LogP contribution in [-0.4, -0.2) is 17.2 Å². The van der Waals surface area contributed by atoms with Crippen LogP contribution in [0.5, 0.6) is 5.75 Å². The zero-order chi connectivity index (χ0) is 13.9. The van der Waals surface area contributed by atoms with E-state index in [1.807, 2.05) is 0 Å². The summed E-state index contributed by atoms with van der Waals surface area (Å²) in [6, 6.07) is 3.94. The first-order valence-corrected chi connectivity index (χ1v) is 5.28. The summed E-state index contributed by atoms with van der Waals surface area (Å²) in [6.07, 6.45) is -5.50. The molecule has 6 heteroatoms. The second-order valence-electron chi connectivity index (χ2n) is 4.14. The van der Waals surface area contributed by atoms with Gasteiger partial charge in [0.2, 0.25) is 0 Å². The highest BCUT2D eigenvalue weighted by molar-refractivity contribution is 5.73. The van der Waals surface area contributed by atoms with E-state index >= 15 is 0 Å². The van der Waals surface area contributed by atoms with E-state index in [1.165, 1.54) is 0 Å². The SMILES string of the molecule is CC(C)C(Oc1ccc(C(F)(F)F)cc1)C(=O)O. The van der Waals surface area contributed by atoms with Crippen LogP contribution in [0, 0.1) is 5.92 Å². The topological polar surface area (TPSA) is 46.5 Å². The Morgan fingerprint density at radius 3 is 2.06 bits per heavy atom. The highest BCUT2D eigenvalue weighted by Gasteiger charge is 2.30. The van der Waals surface area contributed by atoms with E-state index in [0.29, 0.717) is 0 Å². The van der Waals surface area contributed by atoms with E-state index in [4.69, 9.17) is 9.84 Å². The molecule has 0 aliphatic carbocycles. The molecule has 1 unspecified atom stereocenters. The van der Waals surface area contributed by atoms with Gasteiger partial charge >= 0.3 is 12.1 Å². The molecule has 0 aliphatic heterocycles. The maximum absolute atomic E-state index is 12.3. The van der Waals surface area contributed by atoms with Crippen molar-refractivity contribution in [2.75, 3.05) is 0 Å². The zero-order valence-electron chi connectivity index (χ0n) is 9.86. The number of halogens is 3. The van der Waals surface area contributed by atoms with Gasteiger partial charge in [-0.3, -0.25) is 0 Å². The Hall–Kier alpha value is -1.72. The van der Waals surface area contributed by atoms with E-state index in [2.05, 4.69) is 0 Å². The lowest BCUT2D eigenvalue weighted by molar-refractivity contribution is -0.147. The highest BCUT2D eigenvalue weighted by Crippen LogP contribution is 2.30. The second-order valence-corrected chi connectivity index (χ2v) is 4.14. The average Bonchev–Trinajstić information content (AvgIpc) is 2.24. The zero-order valence-corrected chi connectivity index (χ0v) is 9.86. The van der Waals surface area contributed by atoms with Crippen molar-refractivity contribution in [2.24, 2.45) is 5.92 Å². The van der Waals surface area contributed by atoms with Crippen molar-refractivity contribution in [3.05, 3.63) is 29.8 Å². The molecule has 0 radical (unpaired) electrons. The van der Waals surface area contributed by atoms with Crippen molar-refractivity contribution in [2.45, 2.75) is 26.1 Å². The third-order valence-electron chi connectivity index (χ3n) is 2.29. The van der Waals surface area contributed by atoms with Gasteiger partial charge in [-0.2, -0.15) is 13.2 Å².